The van der Waals surface area contributed by atoms with Crippen LogP contribution in [-0.2, 0) is 0 Å². The second-order valence-corrected chi connectivity index (χ2v) is 6.09. The summed E-state index contributed by atoms with van der Waals surface area (Å²) >= 11 is 7.59. The van der Waals surface area contributed by atoms with Crippen molar-refractivity contribution in [3.05, 3.63) is 29.0 Å². The van der Waals surface area contributed by atoms with Crippen molar-refractivity contribution in [3.8, 4) is 0 Å². The van der Waals surface area contributed by atoms with Crippen LogP contribution in [0.2, 0.25) is 5.15 Å². The number of aromatic nitrogens is 1. The Morgan fingerprint density at radius 2 is 2.33 bits per heavy atom. The van der Waals surface area contributed by atoms with Gasteiger partial charge >= 0.3 is 0 Å². The molecule has 0 spiro atoms. The molecule has 2 atom stereocenters. The highest BCUT2D eigenvalue weighted by atomic mass is 35.5. The largest absolute Gasteiger partial charge is 0.349 e. The summed E-state index contributed by atoms with van der Waals surface area (Å²) in [5.74, 6) is -0.0501. The van der Waals surface area contributed by atoms with Crippen molar-refractivity contribution in [3.63, 3.8) is 0 Å². The lowest BCUT2D eigenvalue weighted by Gasteiger charge is -2.28. The van der Waals surface area contributed by atoms with Gasteiger partial charge in [-0.05, 0) is 37.7 Å². The van der Waals surface area contributed by atoms with Gasteiger partial charge in [-0.25, -0.2) is 4.98 Å². The molecule has 1 aliphatic carbocycles. The van der Waals surface area contributed by atoms with Gasteiger partial charge in [0.15, 0.2) is 0 Å². The summed E-state index contributed by atoms with van der Waals surface area (Å²) in [6.07, 6.45) is 8.24. The van der Waals surface area contributed by atoms with Crippen molar-refractivity contribution < 1.29 is 4.79 Å². The van der Waals surface area contributed by atoms with Gasteiger partial charge in [0.25, 0.3) is 5.91 Å². The first-order valence-electron chi connectivity index (χ1n) is 6.14. The molecule has 98 valence electrons. The molecular weight excluding hydrogens is 268 g/mol. The topological polar surface area (TPSA) is 42.0 Å². The van der Waals surface area contributed by atoms with Crippen LogP contribution in [0.1, 0.15) is 36.0 Å². The lowest BCUT2D eigenvalue weighted by Crippen LogP contribution is -2.39. The van der Waals surface area contributed by atoms with Crippen LogP contribution < -0.4 is 5.32 Å². The SMILES string of the molecule is CSC1CCCC(NC(=O)c2ccc(Cl)nc2)C1. The molecular formula is C13H17ClN2OS. The summed E-state index contributed by atoms with van der Waals surface area (Å²) in [7, 11) is 0. The number of halogens is 1. The fraction of sp³-hybridized carbons (Fsp3) is 0.538. The number of hydrogen-bond acceptors (Lipinski definition) is 3. The summed E-state index contributed by atoms with van der Waals surface area (Å²) in [6, 6.07) is 3.64. The average molecular weight is 285 g/mol. The lowest BCUT2D eigenvalue weighted by atomic mass is 9.95. The lowest BCUT2D eigenvalue weighted by molar-refractivity contribution is 0.0928. The summed E-state index contributed by atoms with van der Waals surface area (Å²) in [5.41, 5.74) is 0.575. The van der Waals surface area contributed by atoms with Crippen LogP contribution in [0, 0.1) is 0 Å². The van der Waals surface area contributed by atoms with Crippen molar-refractivity contribution in [2.45, 2.75) is 37.0 Å². The van der Waals surface area contributed by atoms with Gasteiger partial charge < -0.3 is 5.32 Å². The number of pyridine rings is 1. The molecule has 2 unspecified atom stereocenters. The van der Waals surface area contributed by atoms with Gasteiger partial charge in [0.1, 0.15) is 5.15 Å². The highest BCUT2D eigenvalue weighted by Crippen LogP contribution is 2.27. The number of nitrogens with zero attached hydrogens (tertiary/aromatic N) is 1. The number of carbonyl (C=O) groups is 1. The second-order valence-electron chi connectivity index (χ2n) is 4.56. The van der Waals surface area contributed by atoms with Gasteiger partial charge in [-0.1, -0.05) is 18.0 Å². The smallest absolute Gasteiger partial charge is 0.253 e. The van der Waals surface area contributed by atoms with E-state index in [1.54, 1.807) is 12.1 Å². The van der Waals surface area contributed by atoms with Gasteiger partial charge in [-0.3, -0.25) is 4.79 Å². The van der Waals surface area contributed by atoms with Crippen LogP contribution in [0.3, 0.4) is 0 Å². The van der Waals surface area contributed by atoms with Crippen molar-refractivity contribution in [1.29, 1.82) is 0 Å². The van der Waals surface area contributed by atoms with Crippen LogP contribution in [0.25, 0.3) is 0 Å². The quantitative estimate of drug-likeness (QED) is 0.867. The third-order valence-corrected chi connectivity index (χ3v) is 4.60. The van der Waals surface area contributed by atoms with Crippen molar-refractivity contribution in [2.24, 2.45) is 0 Å². The number of thioether (sulfide) groups is 1. The van der Waals surface area contributed by atoms with Crippen LogP contribution in [0.4, 0.5) is 0 Å². The third-order valence-electron chi connectivity index (χ3n) is 3.28. The minimum absolute atomic E-state index is 0.0501. The number of nitrogens with one attached hydrogen (secondary N) is 1. The zero-order chi connectivity index (χ0) is 13.0. The zero-order valence-electron chi connectivity index (χ0n) is 10.4. The van der Waals surface area contributed by atoms with Gasteiger partial charge in [0.05, 0.1) is 5.56 Å². The fourth-order valence-corrected chi connectivity index (χ4v) is 3.21. The van der Waals surface area contributed by atoms with Gasteiger partial charge in [-0.15, -0.1) is 0 Å². The number of amides is 1. The van der Waals surface area contributed by atoms with E-state index in [1.807, 2.05) is 11.8 Å². The maximum Gasteiger partial charge on any atom is 0.253 e. The van der Waals surface area contributed by atoms with Crippen molar-refractivity contribution in [1.82, 2.24) is 10.3 Å². The molecule has 0 bridgehead atoms. The molecule has 0 radical (unpaired) electrons. The monoisotopic (exact) mass is 284 g/mol. The van der Waals surface area contributed by atoms with Crippen molar-refractivity contribution in [2.75, 3.05) is 6.26 Å². The third kappa shape index (κ3) is 3.62. The molecule has 2 rings (SSSR count). The van der Waals surface area contributed by atoms with Crippen LogP contribution >= 0.6 is 23.4 Å². The normalized spacial score (nSPS) is 23.7. The van der Waals surface area contributed by atoms with Gasteiger partial charge in [0, 0.05) is 17.5 Å². The minimum Gasteiger partial charge on any atom is -0.349 e. The first-order valence-corrected chi connectivity index (χ1v) is 7.81. The van der Waals surface area contributed by atoms with E-state index in [9.17, 15) is 4.79 Å². The summed E-state index contributed by atoms with van der Waals surface area (Å²) < 4.78 is 0. The second kappa shape index (κ2) is 6.43. The molecule has 1 aromatic heterocycles. The van der Waals surface area contributed by atoms with E-state index in [0.717, 1.165) is 12.8 Å². The average Bonchev–Trinajstić information content (AvgIpc) is 2.39. The summed E-state index contributed by atoms with van der Waals surface area (Å²) in [5, 5.41) is 4.17. The van der Waals surface area contributed by atoms with Crippen LogP contribution in [-0.4, -0.2) is 28.4 Å². The molecule has 5 heteroatoms. The maximum absolute atomic E-state index is 12.0. The standard InChI is InChI=1S/C13H17ClN2OS/c1-18-11-4-2-3-10(7-11)16-13(17)9-5-6-12(14)15-8-9/h5-6,8,10-11H,2-4,7H2,1H3,(H,16,17). The Labute approximate surface area is 117 Å². The van der Waals surface area contributed by atoms with Gasteiger partial charge in [-0.2, -0.15) is 11.8 Å². The Bertz CT molecular complexity index is 410. The molecule has 0 aliphatic heterocycles. The fourth-order valence-electron chi connectivity index (χ4n) is 2.27. The van der Waals surface area contributed by atoms with Crippen LogP contribution in [0.15, 0.2) is 18.3 Å². The molecule has 1 N–H and O–H groups in total. The van der Waals surface area contributed by atoms with E-state index in [0.29, 0.717) is 22.0 Å². The molecule has 0 aromatic carbocycles. The molecule has 3 nitrogen and oxygen atoms in total. The maximum atomic E-state index is 12.0. The van der Waals surface area contributed by atoms with Gasteiger partial charge in [0.2, 0.25) is 0 Å². The predicted molar refractivity (Wildman–Crippen MR) is 76.3 cm³/mol. The van der Waals surface area contributed by atoms with E-state index < -0.39 is 0 Å². The van der Waals surface area contributed by atoms with E-state index in [1.165, 1.54) is 19.0 Å². The van der Waals surface area contributed by atoms with E-state index >= 15 is 0 Å². The Morgan fingerprint density at radius 1 is 1.50 bits per heavy atom. The molecule has 1 amide bonds. The Hall–Kier alpha value is -0.740. The Kier molecular flexibility index (Phi) is 4.89. The Morgan fingerprint density at radius 3 is 3.00 bits per heavy atom. The molecule has 1 heterocycles. The summed E-state index contributed by atoms with van der Waals surface area (Å²) in [6.45, 7) is 0. The van der Waals surface area contributed by atoms with E-state index in [4.69, 9.17) is 11.6 Å². The highest BCUT2D eigenvalue weighted by molar-refractivity contribution is 7.99. The number of carbonyl (C=O) groups excluding carboxylic acids is 1. The number of rotatable bonds is 3. The van der Waals surface area contributed by atoms with Crippen molar-refractivity contribution >= 4 is 29.3 Å². The molecule has 1 aliphatic rings. The minimum atomic E-state index is -0.0501. The molecule has 1 saturated carbocycles. The molecule has 0 saturated heterocycles. The predicted octanol–water partition coefficient (Wildman–Crippen LogP) is 3.14. The Balaban J connectivity index is 1.92. The van der Waals surface area contributed by atoms with E-state index in [-0.39, 0.29) is 5.91 Å². The molecule has 18 heavy (non-hydrogen) atoms. The highest BCUT2D eigenvalue weighted by Gasteiger charge is 2.22. The first-order chi connectivity index (χ1) is 8.69. The van der Waals surface area contributed by atoms with E-state index in [2.05, 4.69) is 16.6 Å². The first kappa shape index (κ1) is 13.7. The summed E-state index contributed by atoms with van der Waals surface area (Å²) in [4.78, 5) is 15.9. The number of hydrogen-bond donors (Lipinski definition) is 1. The van der Waals surface area contributed by atoms with Crippen LogP contribution in [0.5, 0.6) is 0 Å². The molecule has 1 aromatic rings. The molecule has 1 fully saturated rings. The zero-order valence-corrected chi connectivity index (χ0v) is 11.9.